The number of ether oxygens (including phenoxy) is 2. The molecule has 4 aliphatic rings. The number of likely N-dealkylation sites (tertiary alicyclic amines) is 3. The first-order valence-corrected chi connectivity index (χ1v) is 18.7. The Balaban J connectivity index is 1.06. The molecule has 4 heterocycles. The van der Waals surface area contributed by atoms with E-state index in [4.69, 9.17) is 9.47 Å². The molecule has 4 aliphatic heterocycles. The largest absolute Gasteiger partial charge is 0.507 e. The summed E-state index contributed by atoms with van der Waals surface area (Å²) in [6, 6.07) is 11.8. The first-order valence-electron chi connectivity index (χ1n) is 18.7. The number of carbonyl (C=O) groups is 4. The highest BCUT2D eigenvalue weighted by atomic mass is 16.6. The van der Waals surface area contributed by atoms with Gasteiger partial charge in [0.05, 0.1) is 12.5 Å². The van der Waals surface area contributed by atoms with Crippen molar-refractivity contribution in [2.75, 3.05) is 57.7 Å². The summed E-state index contributed by atoms with van der Waals surface area (Å²) in [6.45, 7) is 10.2. The van der Waals surface area contributed by atoms with Gasteiger partial charge in [-0.2, -0.15) is 0 Å². The van der Waals surface area contributed by atoms with E-state index in [1.54, 1.807) is 4.90 Å². The van der Waals surface area contributed by atoms with Crippen LogP contribution < -0.4 is 5.32 Å². The number of rotatable bonds is 8. The van der Waals surface area contributed by atoms with Gasteiger partial charge >= 0.3 is 18.1 Å². The summed E-state index contributed by atoms with van der Waals surface area (Å²) in [5, 5.41) is 13.4. The molecule has 12 nitrogen and oxygen atoms in total. The van der Waals surface area contributed by atoms with E-state index in [1.807, 2.05) is 67.0 Å². The van der Waals surface area contributed by atoms with Crippen molar-refractivity contribution in [3.63, 3.8) is 0 Å². The number of aromatic hydroxyl groups is 1. The molecule has 12 heteroatoms. The van der Waals surface area contributed by atoms with Crippen LogP contribution in [0.1, 0.15) is 67.7 Å². The van der Waals surface area contributed by atoms with Crippen molar-refractivity contribution in [1.82, 2.24) is 19.6 Å². The van der Waals surface area contributed by atoms with Gasteiger partial charge in [-0.1, -0.05) is 30.3 Å². The molecule has 4 amide bonds. The fourth-order valence-electron chi connectivity index (χ4n) is 8.27. The molecule has 0 bridgehead atoms. The Bertz CT molecular complexity index is 1550. The number of para-hydroxylation sites is 1. The molecule has 0 unspecified atom stereocenters. The maximum absolute atomic E-state index is 14.1. The highest BCUT2D eigenvalue weighted by molar-refractivity contribution is 5.91. The Kier molecular flexibility index (Phi) is 11.7. The minimum absolute atomic E-state index is 0.000912. The molecule has 2 aromatic rings. The van der Waals surface area contributed by atoms with Gasteiger partial charge < -0.3 is 39.5 Å². The summed E-state index contributed by atoms with van der Waals surface area (Å²) in [7, 11) is 0. The van der Waals surface area contributed by atoms with E-state index in [9.17, 15) is 24.3 Å². The summed E-state index contributed by atoms with van der Waals surface area (Å²) in [4.78, 5) is 60.9. The van der Waals surface area contributed by atoms with Gasteiger partial charge in [0.15, 0.2) is 6.10 Å². The van der Waals surface area contributed by atoms with E-state index in [2.05, 4.69) is 10.2 Å². The number of hydrogen-bond donors (Lipinski definition) is 2. The molecule has 0 spiro atoms. The van der Waals surface area contributed by atoms with Crippen molar-refractivity contribution in [2.45, 2.75) is 90.3 Å². The van der Waals surface area contributed by atoms with E-state index >= 15 is 0 Å². The van der Waals surface area contributed by atoms with Crippen LogP contribution in [0.25, 0.3) is 0 Å². The van der Waals surface area contributed by atoms with Crippen LogP contribution in [0.2, 0.25) is 0 Å². The van der Waals surface area contributed by atoms with Crippen molar-refractivity contribution < 1.29 is 33.8 Å². The monoisotopic (exact) mass is 703 g/mol. The van der Waals surface area contributed by atoms with Gasteiger partial charge in [-0.3, -0.25) is 9.59 Å². The molecule has 1 atom stereocenters. The number of urea groups is 1. The first kappa shape index (κ1) is 36.5. The van der Waals surface area contributed by atoms with Crippen molar-refractivity contribution in [2.24, 2.45) is 5.92 Å². The molecule has 6 rings (SSSR count). The number of hydrogen-bond acceptors (Lipinski definition) is 8. The fourth-order valence-corrected chi connectivity index (χ4v) is 8.27. The van der Waals surface area contributed by atoms with Gasteiger partial charge in [0.25, 0.3) is 5.91 Å². The lowest BCUT2D eigenvalue weighted by Gasteiger charge is -2.42. The van der Waals surface area contributed by atoms with E-state index < -0.39 is 12.2 Å². The van der Waals surface area contributed by atoms with Gasteiger partial charge in [0, 0.05) is 56.9 Å². The zero-order chi connectivity index (χ0) is 36.1. The van der Waals surface area contributed by atoms with Gasteiger partial charge in [-0.05, 0) is 107 Å². The number of phenolic OH excluding ortho intramolecular Hbond substituents is 1. The summed E-state index contributed by atoms with van der Waals surface area (Å²) in [5.41, 5.74) is 4.19. The van der Waals surface area contributed by atoms with Crippen LogP contribution in [0.3, 0.4) is 0 Å². The number of amides is 4. The number of phenols is 1. The van der Waals surface area contributed by atoms with E-state index in [0.717, 1.165) is 62.0 Å². The number of benzene rings is 2. The Morgan fingerprint density at radius 3 is 2.16 bits per heavy atom. The maximum atomic E-state index is 14.1. The molecule has 3 fully saturated rings. The number of nitrogens with zero attached hydrogens (tertiary/aromatic N) is 4. The summed E-state index contributed by atoms with van der Waals surface area (Å²) >= 11 is 0. The Hall–Kier alpha value is -4.32. The average molecular weight is 704 g/mol. The SMILES string of the molecule is CCOC(=O)C1CCN(C2CCN(C(=O)[C@@H](Cc3cc(C)c(O)c(C)c3)OC(=O)N3CCC(N4CCc5ccccc5NC4=O)CC3)CC2)CC1. The van der Waals surface area contributed by atoms with E-state index in [1.165, 1.54) is 0 Å². The van der Waals surface area contributed by atoms with Gasteiger partial charge in [-0.15, -0.1) is 0 Å². The fraction of sp³-hybridized carbons (Fsp3) is 0.590. The zero-order valence-electron chi connectivity index (χ0n) is 30.3. The molecule has 2 aromatic carbocycles. The number of carbonyl (C=O) groups excluding carboxylic acids is 4. The Morgan fingerprint density at radius 1 is 0.863 bits per heavy atom. The molecule has 2 N–H and O–H groups in total. The quantitative estimate of drug-likeness (QED) is 0.372. The van der Waals surface area contributed by atoms with Crippen molar-refractivity contribution in [3.8, 4) is 5.75 Å². The minimum Gasteiger partial charge on any atom is -0.507 e. The summed E-state index contributed by atoms with van der Waals surface area (Å²) in [5.74, 6) is -0.126. The number of nitrogens with one attached hydrogen (secondary N) is 1. The Labute approximate surface area is 301 Å². The van der Waals surface area contributed by atoms with E-state index in [-0.39, 0.29) is 42.0 Å². The molecule has 0 aromatic heterocycles. The van der Waals surface area contributed by atoms with E-state index in [0.29, 0.717) is 69.3 Å². The second-order valence-corrected chi connectivity index (χ2v) is 14.5. The molecule has 0 radical (unpaired) electrons. The maximum Gasteiger partial charge on any atom is 0.410 e. The topological polar surface area (TPSA) is 132 Å². The van der Waals surface area contributed by atoms with Gasteiger partial charge in [0.2, 0.25) is 0 Å². The lowest BCUT2D eigenvalue weighted by atomic mass is 9.93. The van der Waals surface area contributed by atoms with Crippen molar-refractivity contribution in [3.05, 3.63) is 58.7 Å². The second-order valence-electron chi connectivity index (χ2n) is 14.5. The highest BCUT2D eigenvalue weighted by Gasteiger charge is 2.37. The zero-order valence-corrected chi connectivity index (χ0v) is 30.3. The number of fused-ring (bicyclic) bond motifs is 1. The van der Waals surface area contributed by atoms with Crippen LogP contribution in [-0.4, -0.2) is 119 Å². The van der Waals surface area contributed by atoms with Crippen LogP contribution in [-0.2, 0) is 31.9 Å². The van der Waals surface area contributed by atoms with Crippen molar-refractivity contribution >= 4 is 29.7 Å². The molecule has 276 valence electrons. The Morgan fingerprint density at radius 2 is 1.49 bits per heavy atom. The third-order valence-electron chi connectivity index (χ3n) is 11.2. The highest BCUT2D eigenvalue weighted by Crippen LogP contribution is 2.29. The third-order valence-corrected chi connectivity index (χ3v) is 11.2. The lowest BCUT2D eigenvalue weighted by Crippen LogP contribution is -2.53. The molecule has 3 saturated heterocycles. The first-order chi connectivity index (χ1) is 24.6. The predicted octanol–water partition coefficient (Wildman–Crippen LogP) is 4.88. The normalized spacial score (nSPS) is 20.3. The number of anilines is 1. The molecular weight excluding hydrogens is 650 g/mol. The molecular formula is C39H53N5O7. The van der Waals surface area contributed by atoms with Crippen LogP contribution in [0.5, 0.6) is 5.75 Å². The number of piperidine rings is 3. The molecule has 51 heavy (non-hydrogen) atoms. The number of esters is 1. The van der Waals surface area contributed by atoms with Crippen LogP contribution in [0.15, 0.2) is 36.4 Å². The lowest BCUT2D eigenvalue weighted by molar-refractivity contribution is -0.150. The van der Waals surface area contributed by atoms with Crippen LogP contribution in [0.4, 0.5) is 15.3 Å². The average Bonchev–Trinajstić information content (AvgIpc) is 3.31. The molecule has 0 saturated carbocycles. The van der Waals surface area contributed by atoms with Gasteiger partial charge in [-0.25, -0.2) is 9.59 Å². The second kappa shape index (κ2) is 16.4. The third kappa shape index (κ3) is 8.60. The predicted molar refractivity (Wildman–Crippen MR) is 193 cm³/mol. The smallest absolute Gasteiger partial charge is 0.410 e. The van der Waals surface area contributed by atoms with Crippen LogP contribution in [0, 0.1) is 19.8 Å². The molecule has 0 aliphatic carbocycles. The van der Waals surface area contributed by atoms with Crippen LogP contribution >= 0.6 is 0 Å². The van der Waals surface area contributed by atoms with Gasteiger partial charge in [0.1, 0.15) is 5.75 Å². The number of aryl methyl sites for hydroxylation is 2. The van der Waals surface area contributed by atoms with Crippen molar-refractivity contribution in [1.29, 1.82) is 0 Å². The summed E-state index contributed by atoms with van der Waals surface area (Å²) in [6.07, 6.45) is 3.90. The standard InChI is InChI=1S/C39H53N5O7/c1-4-50-37(47)30-9-16-41(17-10-30)31-12-18-42(19-13-31)36(46)34(25-28-23-26(2)35(45)27(3)24-28)51-39(49)43-20-14-32(15-21-43)44-22-11-29-7-5-6-8-33(29)40-38(44)48/h5-8,23-24,30-32,34,45H,4,9-22,25H2,1-3H3,(H,40,48)/t34-/m1/s1. The summed E-state index contributed by atoms with van der Waals surface area (Å²) < 4.78 is 11.3. The minimum atomic E-state index is -1.01.